The maximum Gasteiger partial charge on any atom is 0.240 e. The van der Waals surface area contributed by atoms with Gasteiger partial charge in [-0.1, -0.05) is 18.6 Å². The highest BCUT2D eigenvalue weighted by Gasteiger charge is 2.19. The first-order valence-electron chi connectivity index (χ1n) is 10.8. The third-order valence-corrected chi connectivity index (χ3v) is 6.62. The fraction of sp³-hybridized carbons (Fsp3) is 0.435. The summed E-state index contributed by atoms with van der Waals surface area (Å²) in [5.41, 5.74) is 0.832. The van der Waals surface area contributed by atoms with Gasteiger partial charge in [-0.2, -0.15) is 0 Å². The zero-order valence-electron chi connectivity index (χ0n) is 18.9. The summed E-state index contributed by atoms with van der Waals surface area (Å²) in [6, 6.07) is 10.1. The van der Waals surface area contributed by atoms with Crippen LogP contribution in [0.25, 0.3) is 0 Å². The van der Waals surface area contributed by atoms with Gasteiger partial charge in [-0.05, 0) is 31.0 Å². The Balaban J connectivity index is 1.36. The average molecular weight is 479 g/mol. The maximum absolute atomic E-state index is 12.5. The number of nitrogens with one attached hydrogen (secondary N) is 2. The minimum atomic E-state index is -3.64. The lowest BCUT2D eigenvalue weighted by atomic mass is 10.1. The molecular weight excluding hydrogens is 448 g/mol. The molecule has 3 rings (SSSR count). The van der Waals surface area contributed by atoms with Crippen molar-refractivity contribution in [1.82, 2.24) is 10.0 Å². The first-order chi connectivity index (χ1) is 15.9. The summed E-state index contributed by atoms with van der Waals surface area (Å²) >= 11 is 0. The molecule has 0 bridgehead atoms. The molecule has 2 aromatic rings. The van der Waals surface area contributed by atoms with Crippen LogP contribution in [0.15, 0.2) is 41.3 Å². The van der Waals surface area contributed by atoms with Gasteiger partial charge in [0.2, 0.25) is 15.9 Å². The van der Waals surface area contributed by atoms with Crippen LogP contribution in [0.5, 0.6) is 23.0 Å². The number of carbonyl (C=O) groups is 1. The number of amides is 1. The van der Waals surface area contributed by atoms with Crippen molar-refractivity contribution in [2.75, 3.05) is 34.0 Å². The molecule has 0 radical (unpaired) electrons. The Morgan fingerprint density at radius 2 is 1.79 bits per heavy atom. The smallest absolute Gasteiger partial charge is 0.240 e. The van der Waals surface area contributed by atoms with Gasteiger partial charge in [0.05, 0.1) is 19.1 Å². The molecule has 1 aliphatic heterocycles. The van der Waals surface area contributed by atoms with Crippen LogP contribution in [0.1, 0.15) is 31.2 Å². The molecule has 9 nitrogen and oxygen atoms in total. The highest BCUT2D eigenvalue weighted by molar-refractivity contribution is 7.89. The zero-order valence-corrected chi connectivity index (χ0v) is 19.7. The fourth-order valence-corrected chi connectivity index (χ4v) is 4.53. The van der Waals surface area contributed by atoms with Crippen LogP contribution in [0.2, 0.25) is 0 Å². The monoisotopic (exact) mass is 478 g/mol. The maximum atomic E-state index is 12.5. The van der Waals surface area contributed by atoms with E-state index < -0.39 is 10.0 Å². The summed E-state index contributed by atoms with van der Waals surface area (Å²) in [5, 5.41) is 2.88. The topological polar surface area (TPSA) is 112 Å². The predicted molar refractivity (Wildman–Crippen MR) is 122 cm³/mol. The number of hydrogen-bond donors (Lipinski definition) is 2. The van der Waals surface area contributed by atoms with E-state index in [1.807, 2.05) is 12.1 Å². The van der Waals surface area contributed by atoms with E-state index in [4.69, 9.17) is 18.9 Å². The Morgan fingerprint density at radius 1 is 1.00 bits per heavy atom. The molecule has 2 aromatic carbocycles. The number of sulfonamides is 1. The van der Waals surface area contributed by atoms with Gasteiger partial charge in [-0.15, -0.1) is 0 Å². The molecule has 0 saturated heterocycles. The van der Waals surface area contributed by atoms with Gasteiger partial charge in [-0.25, -0.2) is 13.1 Å². The molecule has 0 fully saturated rings. The number of fused-ring (bicyclic) bond motifs is 1. The van der Waals surface area contributed by atoms with E-state index >= 15 is 0 Å². The van der Waals surface area contributed by atoms with Crippen molar-refractivity contribution in [3.8, 4) is 23.0 Å². The Hall–Kier alpha value is -2.98. The van der Waals surface area contributed by atoms with Crippen LogP contribution in [0, 0.1) is 0 Å². The van der Waals surface area contributed by atoms with Gasteiger partial charge >= 0.3 is 0 Å². The van der Waals surface area contributed by atoms with Crippen molar-refractivity contribution in [3.05, 3.63) is 42.0 Å². The second kappa shape index (κ2) is 11.8. The highest BCUT2D eigenvalue weighted by Crippen LogP contribution is 2.32. The molecule has 10 heteroatoms. The minimum Gasteiger partial charge on any atom is -0.493 e. The summed E-state index contributed by atoms with van der Waals surface area (Å²) in [5.74, 6) is 2.12. The quantitative estimate of drug-likeness (QED) is 0.451. The molecule has 1 aliphatic rings. The lowest BCUT2D eigenvalue weighted by Crippen LogP contribution is -2.25. The largest absolute Gasteiger partial charge is 0.493 e. The molecule has 1 amide bonds. The van der Waals surface area contributed by atoms with E-state index in [1.165, 1.54) is 12.1 Å². The predicted octanol–water partition coefficient (Wildman–Crippen LogP) is 2.63. The van der Waals surface area contributed by atoms with Crippen molar-refractivity contribution in [2.24, 2.45) is 0 Å². The second-order valence-corrected chi connectivity index (χ2v) is 9.21. The van der Waals surface area contributed by atoms with E-state index in [2.05, 4.69) is 10.0 Å². The molecule has 1 heterocycles. The molecule has 0 atom stereocenters. The van der Waals surface area contributed by atoms with Crippen LogP contribution in [-0.2, 0) is 21.4 Å². The minimum absolute atomic E-state index is 0.0725. The van der Waals surface area contributed by atoms with E-state index in [1.54, 1.807) is 26.4 Å². The van der Waals surface area contributed by atoms with Crippen molar-refractivity contribution in [2.45, 2.75) is 37.1 Å². The summed E-state index contributed by atoms with van der Waals surface area (Å²) in [6.45, 7) is 1.48. The Kier molecular flexibility index (Phi) is 8.79. The molecule has 0 unspecified atom stereocenters. The van der Waals surface area contributed by atoms with E-state index in [9.17, 15) is 13.2 Å². The molecule has 33 heavy (non-hydrogen) atoms. The summed E-state index contributed by atoms with van der Waals surface area (Å²) < 4.78 is 49.1. The van der Waals surface area contributed by atoms with Crippen LogP contribution in [-0.4, -0.2) is 48.3 Å². The summed E-state index contributed by atoms with van der Waals surface area (Å²) in [6.07, 6.45) is 2.37. The van der Waals surface area contributed by atoms with Gasteiger partial charge in [0.15, 0.2) is 23.0 Å². The molecule has 2 N–H and O–H groups in total. The SMILES string of the molecule is COc1cccc(CNC(=O)CCCCCNS(=O)(=O)c2ccc3c(c2)OCCO3)c1OC. The van der Waals surface area contributed by atoms with Crippen molar-refractivity contribution in [3.63, 3.8) is 0 Å². The first-order valence-corrected chi connectivity index (χ1v) is 12.3. The molecule has 0 spiro atoms. The van der Waals surface area contributed by atoms with Gasteiger partial charge in [0.1, 0.15) is 13.2 Å². The number of benzene rings is 2. The van der Waals surface area contributed by atoms with Crippen molar-refractivity contribution < 1.29 is 32.2 Å². The summed E-state index contributed by atoms with van der Waals surface area (Å²) in [7, 11) is -0.509. The zero-order chi connectivity index (χ0) is 23.7. The lowest BCUT2D eigenvalue weighted by molar-refractivity contribution is -0.121. The second-order valence-electron chi connectivity index (χ2n) is 7.44. The fourth-order valence-electron chi connectivity index (χ4n) is 3.44. The van der Waals surface area contributed by atoms with Crippen molar-refractivity contribution >= 4 is 15.9 Å². The molecule has 0 saturated carbocycles. The Morgan fingerprint density at radius 3 is 2.55 bits per heavy atom. The van der Waals surface area contributed by atoms with E-state index in [0.29, 0.717) is 68.6 Å². The van der Waals surface area contributed by atoms with Gasteiger partial charge in [0, 0.05) is 31.1 Å². The number of carbonyl (C=O) groups excluding carboxylic acids is 1. The van der Waals surface area contributed by atoms with Gasteiger partial charge < -0.3 is 24.3 Å². The Bertz CT molecular complexity index is 1060. The number of para-hydroxylation sites is 1. The summed E-state index contributed by atoms with van der Waals surface area (Å²) in [4.78, 5) is 12.3. The lowest BCUT2D eigenvalue weighted by Gasteiger charge is -2.18. The van der Waals surface area contributed by atoms with Gasteiger partial charge in [0.25, 0.3) is 0 Å². The number of rotatable bonds is 12. The number of methoxy groups -OCH3 is 2. The Labute approximate surface area is 194 Å². The number of ether oxygens (including phenoxy) is 4. The number of unbranched alkanes of at least 4 members (excludes halogenated alkanes) is 2. The third-order valence-electron chi connectivity index (χ3n) is 5.16. The van der Waals surface area contributed by atoms with Crippen LogP contribution in [0.3, 0.4) is 0 Å². The molecule has 0 aliphatic carbocycles. The number of hydrogen-bond acceptors (Lipinski definition) is 7. The highest BCUT2D eigenvalue weighted by atomic mass is 32.2. The van der Waals surface area contributed by atoms with Crippen LogP contribution in [0.4, 0.5) is 0 Å². The third kappa shape index (κ3) is 6.75. The molecule has 180 valence electrons. The van der Waals surface area contributed by atoms with Crippen molar-refractivity contribution in [1.29, 1.82) is 0 Å². The molecule has 0 aromatic heterocycles. The average Bonchev–Trinajstić information content (AvgIpc) is 2.84. The van der Waals surface area contributed by atoms with E-state index in [-0.39, 0.29) is 10.8 Å². The van der Waals surface area contributed by atoms with Crippen LogP contribution >= 0.6 is 0 Å². The van der Waals surface area contributed by atoms with Crippen LogP contribution < -0.4 is 29.0 Å². The standard InChI is InChI=1S/C23H30N2O7S/c1-29-20-8-6-7-17(23(20)30-2)16-24-22(26)9-4-3-5-12-25-33(27,28)18-10-11-19-21(15-18)32-14-13-31-19/h6-8,10-11,15,25H,3-5,9,12-14,16H2,1-2H3,(H,24,26). The van der Waals surface area contributed by atoms with E-state index in [0.717, 1.165) is 12.0 Å². The normalized spacial score (nSPS) is 12.8. The van der Waals surface area contributed by atoms with Gasteiger partial charge in [-0.3, -0.25) is 4.79 Å². The molecular formula is C23H30N2O7S. The first kappa shape index (κ1) is 24.7.